The van der Waals surface area contributed by atoms with Crippen LogP contribution < -0.4 is 14.4 Å². The van der Waals surface area contributed by atoms with Crippen LogP contribution in [0.3, 0.4) is 0 Å². The van der Waals surface area contributed by atoms with Crippen molar-refractivity contribution >= 4 is 33.0 Å². The number of nitro groups is 1. The molecule has 30 heavy (non-hydrogen) atoms. The number of sulfonamides is 1. The summed E-state index contributed by atoms with van der Waals surface area (Å²) in [4.78, 5) is 23.3. The minimum atomic E-state index is -3.91. The van der Waals surface area contributed by atoms with Crippen molar-refractivity contribution in [1.29, 1.82) is 0 Å². The molecule has 0 fully saturated rings. The number of hydrogen-bond donors (Lipinski definition) is 1. The Bertz CT molecular complexity index is 1040. The smallest absolute Gasteiger partial charge is 0.271 e. The molecular weight excluding hydrogens is 410 g/mol. The predicted molar refractivity (Wildman–Crippen MR) is 115 cm³/mol. The van der Waals surface area contributed by atoms with Crippen LogP contribution in [0.25, 0.3) is 0 Å². The number of nitrogens with one attached hydrogen (secondary N) is 1. The highest BCUT2D eigenvalue weighted by molar-refractivity contribution is 7.92. The largest absolute Gasteiger partial charge is 0.491 e. The number of nitro benzene ring substituents is 1. The van der Waals surface area contributed by atoms with Crippen molar-refractivity contribution in [2.24, 2.45) is 0 Å². The summed E-state index contributed by atoms with van der Waals surface area (Å²) in [6.45, 7) is 6.83. The van der Waals surface area contributed by atoms with Crippen LogP contribution in [0.4, 0.5) is 17.1 Å². The number of carbonyl (C=O) groups excluding carboxylic acids is 1. The first-order valence-corrected chi connectivity index (χ1v) is 11.1. The molecule has 0 aliphatic rings. The monoisotopic (exact) mass is 435 g/mol. The number of non-ortho nitro benzene ring substituents is 1. The zero-order valence-electron chi connectivity index (χ0n) is 17.4. The summed E-state index contributed by atoms with van der Waals surface area (Å²) in [6, 6.07) is 9.41. The SMILES string of the molecule is Cc1ccc([N+](=O)[O-])cc1N(C(C)C(=O)Nc1ccc(OC(C)C)cc1)S(C)(=O)=O. The number of benzene rings is 2. The van der Waals surface area contributed by atoms with E-state index in [0.29, 0.717) is 17.0 Å². The molecule has 0 aliphatic carbocycles. The molecule has 1 amide bonds. The average Bonchev–Trinajstić information content (AvgIpc) is 2.63. The quantitative estimate of drug-likeness (QED) is 0.501. The van der Waals surface area contributed by atoms with Crippen molar-refractivity contribution in [3.05, 3.63) is 58.1 Å². The number of anilines is 2. The molecule has 10 heteroatoms. The Morgan fingerprint density at radius 2 is 1.73 bits per heavy atom. The number of amides is 1. The molecule has 2 aromatic carbocycles. The Kier molecular flexibility index (Phi) is 7.04. The van der Waals surface area contributed by atoms with Crippen molar-refractivity contribution in [3.8, 4) is 5.75 Å². The lowest BCUT2D eigenvalue weighted by molar-refractivity contribution is -0.384. The van der Waals surface area contributed by atoms with E-state index in [4.69, 9.17) is 4.74 Å². The molecule has 0 saturated carbocycles. The number of aryl methyl sites for hydroxylation is 1. The van der Waals surface area contributed by atoms with Crippen LogP contribution in [-0.4, -0.2) is 37.6 Å². The Morgan fingerprint density at radius 1 is 1.13 bits per heavy atom. The standard InChI is InChI=1S/C20H25N3O6S/c1-13(2)29-18-10-7-16(8-11-18)21-20(24)15(4)22(30(5,27)28)19-12-17(23(25)26)9-6-14(19)3/h6-13,15H,1-5H3,(H,21,24). The second-order valence-corrected chi connectivity index (χ2v) is 9.00. The van der Waals surface area contributed by atoms with Gasteiger partial charge in [0.25, 0.3) is 5.69 Å². The fourth-order valence-electron chi connectivity index (χ4n) is 2.87. The summed E-state index contributed by atoms with van der Waals surface area (Å²) in [6.07, 6.45) is 0.958. The number of hydrogen-bond acceptors (Lipinski definition) is 6. The van der Waals surface area contributed by atoms with E-state index < -0.39 is 26.9 Å². The molecule has 0 radical (unpaired) electrons. The van der Waals surface area contributed by atoms with Gasteiger partial charge in [-0.25, -0.2) is 8.42 Å². The summed E-state index contributed by atoms with van der Waals surface area (Å²) in [5.41, 5.74) is 0.765. The third kappa shape index (κ3) is 5.69. The summed E-state index contributed by atoms with van der Waals surface area (Å²) in [5.74, 6) is 0.0601. The van der Waals surface area contributed by atoms with Crippen molar-refractivity contribution < 1.29 is 22.9 Å². The molecule has 9 nitrogen and oxygen atoms in total. The first-order valence-electron chi connectivity index (χ1n) is 9.22. The molecule has 2 aromatic rings. The van der Waals surface area contributed by atoms with Crippen molar-refractivity contribution in [2.45, 2.75) is 39.8 Å². The molecule has 0 saturated heterocycles. The third-order valence-electron chi connectivity index (χ3n) is 4.22. The molecule has 0 spiro atoms. The van der Waals surface area contributed by atoms with Gasteiger partial charge in [-0.3, -0.25) is 19.2 Å². The average molecular weight is 436 g/mol. The van der Waals surface area contributed by atoms with Gasteiger partial charge < -0.3 is 10.1 Å². The van der Waals surface area contributed by atoms with Gasteiger partial charge in [-0.2, -0.15) is 0 Å². The molecule has 0 heterocycles. The zero-order valence-corrected chi connectivity index (χ0v) is 18.3. The van der Waals surface area contributed by atoms with Gasteiger partial charge in [-0.1, -0.05) is 6.07 Å². The Balaban J connectivity index is 2.32. The molecule has 1 unspecified atom stereocenters. The van der Waals surface area contributed by atoms with Gasteiger partial charge >= 0.3 is 0 Å². The maximum atomic E-state index is 12.8. The van der Waals surface area contributed by atoms with Gasteiger partial charge in [-0.05, 0) is 57.5 Å². The number of ether oxygens (including phenoxy) is 1. The maximum Gasteiger partial charge on any atom is 0.271 e. The molecule has 1 N–H and O–H groups in total. The first-order chi connectivity index (χ1) is 13.9. The highest BCUT2D eigenvalue weighted by Gasteiger charge is 2.31. The lowest BCUT2D eigenvalue weighted by Crippen LogP contribution is -2.45. The van der Waals surface area contributed by atoms with Gasteiger partial charge in [0.2, 0.25) is 15.9 Å². The summed E-state index contributed by atoms with van der Waals surface area (Å²) in [7, 11) is -3.91. The van der Waals surface area contributed by atoms with Crippen LogP contribution >= 0.6 is 0 Å². The summed E-state index contributed by atoms with van der Waals surface area (Å²) < 4.78 is 31.4. The van der Waals surface area contributed by atoms with Crippen LogP contribution in [0.1, 0.15) is 26.3 Å². The molecule has 1 atom stereocenters. The van der Waals surface area contributed by atoms with Gasteiger partial charge in [0.15, 0.2) is 0 Å². The van der Waals surface area contributed by atoms with Crippen LogP contribution in [0.15, 0.2) is 42.5 Å². The predicted octanol–water partition coefficient (Wildman–Crippen LogP) is 3.48. The van der Waals surface area contributed by atoms with E-state index in [-0.39, 0.29) is 17.5 Å². The van der Waals surface area contributed by atoms with E-state index in [2.05, 4.69) is 5.32 Å². The van der Waals surface area contributed by atoms with Crippen molar-refractivity contribution in [3.63, 3.8) is 0 Å². The van der Waals surface area contributed by atoms with E-state index in [0.717, 1.165) is 16.6 Å². The zero-order chi connectivity index (χ0) is 22.6. The molecule has 0 aromatic heterocycles. The van der Waals surface area contributed by atoms with Gasteiger partial charge in [0.1, 0.15) is 11.8 Å². The molecule has 0 aliphatic heterocycles. The van der Waals surface area contributed by atoms with E-state index in [9.17, 15) is 23.3 Å². The summed E-state index contributed by atoms with van der Waals surface area (Å²) in [5, 5.41) is 13.8. The van der Waals surface area contributed by atoms with Crippen molar-refractivity contribution in [1.82, 2.24) is 0 Å². The van der Waals surface area contributed by atoms with E-state index >= 15 is 0 Å². The van der Waals surface area contributed by atoms with E-state index in [1.54, 1.807) is 31.2 Å². The molecule has 2 rings (SSSR count). The van der Waals surface area contributed by atoms with Crippen LogP contribution in [0.2, 0.25) is 0 Å². The Morgan fingerprint density at radius 3 is 2.23 bits per heavy atom. The Hall–Kier alpha value is -3.14. The highest BCUT2D eigenvalue weighted by atomic mass is 32.2. The Labute approximate surface area is 175 Å². The topological polar surface area (TPSA) is 119 Å². The lowest BCUT2D eigenvalue weighted by Gasteiger charge is -2.29. The molecular formula is C20H25N3O6S. The van der Waals surface area contributed by atoms with Gasteiger partial charge in [0.05, 0.1) is 23.0 Å². The van der Waals surface area contributed by atoms with Crippen LogP contribution in [-0.2, 0) is 14.8 Å². The number of rotatable bonds is 8. The molecule has 162 valence electrons. The number of nitrogens with zero attached hydrogens (tertiary/aromatic N) is 2. The van der Waals surface area contributed by atoms with Crippen LogP contribution in [0, 0.1) is 17.0 Å². The second kappa shape index (κ2) is 9.12. The van der Waals surface area contributed by atoms with Gasteiger partial charge in [0, 0.05) is 17.8 Å². The van der Waals surface area contributed by atoms with Gasteiger partial charge in [-0.15, -0.1) is 0 Å². The molecule has 0 bridgehead atoms. The van der Waals surface area contributed by atoms with Crippen LogP contribution in [0.5, 0.6) is 5.75 Å². The second-order valence-electron chi connectivity index (χ2n) is 7.14. The minimum absolute atomic E-state index is 0.00644. The summed E-state index contributed by atoms with van der Waals surface area (Å²) >= 11 is 0. The van der Waals surface area contributed by atoms with E-state index in [1.165, 1.54) is 19.1 Å². The highest BCUT2D eigenvalue weighted by Crippen LogP contribution is 2.29. The fraction of sp³-hybridized carbons (Fsp3) is 0.350. The van der Waals surface area contributed by atoms with Crippen molar-refractivity contribution in [2.75, 3.05) is 15.9 Å². The minimum Gasteiger partial charge on any atom is -0.491 e. The fourth-order valence-corrected chi connectivity index (χ4v) is 4.09. The number of carbonyl (C=O) groups is 1. The normalized spacial score (nSPS) is 12.3. The maximum absolute atomic E-state index is 12.8. The lowest BCUT2D eigenvalue weighted by atomic mass is 10.1. The van der Waals surface area contributed by atoms with E-state index in [1.807, 2.05) is 13.8 Å². The first kappa shape index (κ1) is 23.1. The third-order valence-corrected chi connectivity index (χ3v) is 5.45.